The van der Waals surface area contributed by atoms with Gasteiger partial charge in [-0.15, -0.1) is 0 Å². The Morgan fingerprint density at radius 1 is 1.05 bits per heavy atom. The number of carbonyl (C=O) groups excluding carboxylic acids is 1. The molecule has 0 bridgehead atoms. The van der Waals surface area contributed by atoms with E-state index in [0.29, 0.717) is 32.2 Å². The molecule has 1 atom stereocenters. The maximum Gasteiger partial charge on any atom is 0.338 e. The second kappa shape index (κ2) is 11.2. The number of carbonyl (C=O) groups is 1. The van der Waals surface area contributed by atoms with Gasteiger partial charge in [0.05, 0.1) is 28.5 Å². The van der Waals surface area contributed by atoms with Crippen LogP contribution < -0.4 is 19.6 Å². The lowest BCUT2D eigenvalue weighted by Gasteiger charge is -2.24. The first-order chi connectivity index (χ1) is 18.4. The van der Waals surface area contributed by atoms with E-state index in [0.717, 1.165) is 22.4 Å². The van der Waals surface area contributed by atoms with Crippen LogP contribution in [0.5, 0.6) is 5.75 Å². The van der Waals surface area contributed by atoms with Gasteiger partial charge in [-0.2, -0.15) is 0 Å². The van der Waals surface area contributed by atoms with E-state index in [1.807, 2.05) is 72.8 Å². The molecule has 0 unspecified atom stereocenters. The number of aromatic nitrogens is 1. The zero-order valence-corrected chi connectivity index (χ0v) is 22.5. The molecule has 1 aromatic heterocycles. The van der Waals surface area contributed by atoms with Crippen LogP contribution in [0.3, 0.4) is 0 Å². The van der Waals surface area contributed by atoms with Crippen molar-refractivity contribution < 1.29 is 14.3 Å². The molecule has 6 nitrogen and oxygen atoms in total. The van der Waals surface area contributed by atoms with Gasteiger partial charge in [-0.25, -0.2) is 9.79 Å². The molecule has 0 aliphatic carbocycles. The molecule has 0 saturated heterocycles. The number of hydrogen-bond donors (Lipinski definition) is 0. The van der Waals surface area contributed by atoms with Gasteiger partial charge in [0.1, 0.15) is 12.4 Å². The number of allylic oxidation sites excluding steroid dienone is 1. The second-order valence-electron chi connectivity index (χ2n) is 8.70. The summed E-state index contributed by atoms with van der Waals surface area (Å²) in [6.07, 6.45) is 1.83. The number of nitrogens with zero attached hydrogens (tertiary/aromatic N) is 2. The van der Waals surface area contributed by atoms with E-state index in [1.54, 1.807) is 30.5 Å². The molecule has 1 aliphatic heterocycles. The highest BCUT2D eigenvalue weighted by molar-refractivity contribution is 7.07. The summed E-state index contributed by atoms with van der Waals surface area (Å²) >= 11 is 7.40. The normalized spacial score (nSPS) is 15.1. The molecule has 8 heteroatoms. The fourth-order valence-electron chi connectivity index (χ4n) is 4.30. The molecule has 38 heavy (non-hydrogen) atoms. The minimum Gasteiger partial charge on any atom is -0.489 e. The Morgan fingerprint density at radius 3 is 2.45 bits per heavy atom. The number of esters is 1. The Hall–Kier alpha value is -3.94. The Labute approximate surface area is 228 Å². The van der Waals surface area contributed by atoms with Crippen LogP contribution in [0.2, 0.25) is 5.02 Å². The van der Waals surface area contributed by atoms with Gasteiger partial charge in [0.25, 0.3) is 5.56 Å². The Kier molecular flexibility index (Phi) is 7.58. The van der Waals surface area contributed by atoms with Crippen LogP contribution in [0.25, 0.3) is 6.08 Å². The van der Waals surface area contributed by atoms with E-state index in [2.05, 4.69) is 4.99 Å². The van der Waals surface area contributed by atoms with Crippen molar-refractivity contribution in [3.63, 3.8) is 0 Å². The highest BCUT2D eigenvalue weighted by Gasteiger charge is 2.33. The van der Waals surface area contributed by atoms with Crippen molar-refractivity contribution in [3.8, 4) is 5.75 Å². The van der Waals surface area contributed by atoms with E-state index in [1.165, 1.54) is 11.3 Å². The lowest BCUT2D eigenvalue weighted by molar-refractivity contribution is -0.139. The molecule has 0 saturated carbocycles. The van der Waals surface area contributed by atoms with Crippen molar-refractivity contribution in [2.24, 2.45) is 4.99 Å². The highest BCUT2D eigenvalue weighted by atomic mass is 35.5. The molecule has 0 amide bonds. The Balaban J connectivity index is 1.51. The summed E-state index contributed by atoms with van der Waals surface area (Å²) in [4.78, 5) is 31.8. The van der Waals surface area contributed by atoms with Gasteiger partial charge >= 0.3 is 5.97 Å². The molecule has 3 aromatic carbocycles. The molecule has 0 N–H and O–H groups in total. The topological polar surface area (TPSA) is 69.9 Å². The number of hydrogen-bond acceptors (Lipinski definition) is 6. The fourth-order valence-corrected chi connectivity index (χ4v) is 5.48. The van der Waals surface area contributed by atoms with Crippen LogP contribution in [0.4, 0.5) is 0 Å². The van der Waals surface area contributed by atoms with Gasteiger partial charge in [0, 0.05) is 5.02 Å². The highest BCUT2D eigenvalue weighted by Crippen LogP contribution is 2.31. The number of halogens is 1. The van der Waals surface area contributed by atoms with E-state index in [4.69, 9.17) is 21.1 Å². The molecule has 2 heterocycles. The van der Waals surface area contributed by atoms with Crippen molar-refractivity contribution >= 4 is 35.0 Å². The first kappa shape index (κ1) is 25.7. The van der Waals surface area contributed by atoms with Gasteiger partial charge in [-0.1, -0.05) is 77.5 Å². The van der Waals surface area contributed by atoms with Crippen molar-refractivity contribution in [1.82, 2.24) is 4.57 Å². The third-order valence-corrected chi connectivity index (χ3v) is 7.36. The number of benzene rings is 3. The minimum atomic E-state index is -0.668. The van der Waals surface area contributed by atoms with Crippen LogP contribution in [0.15, 0.2) is 99.9 Å². The van der Waals surface area contributed by atoms with E-state index in [9.17, 15) is 9.59 Å². The molecule has 0 spiro atoms. The van der Waals surface area contributed by atoms with Gasteiger partial charge in [0.2, 0.25) is 0 Å². The lowest BCUT2D eigenvalue weighted by atomic mass is 9.96. The van der Waals surface area contributed by atoms with Crippen LogP contribution in [0.1, 0.15) is 36.6 Å². The standard InChI is InChI=1S/C30H25ClN2O4S/c1-3-36-29(35)26-19(2)32-30-33(27(26)22-11-13-23(31)14-12-22)28(34)25(38-30)17-20-9-15-24(16-10-20)37-18-21-7-5-4-6-8-21/h4-17,27H,3,18H2,1-2H3/b25-17-/t27-/m1/s1. The SMILES string of the molecule is CCOC(=O)C1=C(C)N=c2s/c(=C\c3ccc(OCc4ccccc4)cc3)c(=O)n2[C@@H]1c1ccc(Cl)cc1. The molecule has 1 aliphatic rings. The summed E-state index contributed by atoms with van der Waals surface area (Å²) in [7, 11) is 0. The Bertz CT molecular complexity index is 1670. The summed E-state index contributed by atoms with van der Waals surface area (Å²) in [5.74, 6) is 0.249. The van der Waals surface area contributed by atoms with E-state index < -0.39 is 12.0 Å². The number of ether oxygens (including phenoxy) is 2. The fraction of sp³-hybridized carbons (Fsp3) is 0.167. The van der Waals surface area contributed by atoms with Gasteiger partial charge in [0.15, 0.2) is 4.80 Å². The largest absolute Gasteiger partial charge is 0.489 e. The zero-order valence-electron chi connectivity index (χ0n) is 20.9. The predicted molar refractivity (Wildman–Crippen MR) is 149 cm³/mol. The van der Waals surface area contributed by atoms with Gasteiger partial charge < -0.3 is 9.47 Å². The maximum absolute atomic E-state index is 13.7. The third kappa shape index (κ3) is 5.35. The van der Waals surface area contributed by atoms with Crippen molar-refractivity contribution in [3.05, 3.63) is 132 Å². The zero-order chi connectivity index (χ0) is 26.6. The average molecular weight is 545 g/mol. The summed E-state index contributed by atoms with van der Waals surface area (Å²) in [6.45, 7) is 4.21. The number of thiazole rings is 1. The average Bonchev–Trinajstić information content (AvgIpc) is 3.22. The van der Waals surface area contributed by atoms with Crippen LogP contribution in [-0.4, -0.2) is 17.1 Å². The molecule has 4 aromatic rings. The molecule has 192 valence electrons. The van der Waals surface area contributed by atoms with E-state index in [-0.39, 0.29) is 12.2 Å². The second-order valence-corrected chi connectivity index (χ2v) is 10.1. The predicted octanol–water partition coefficient (Wildman–Crippen LogP) is 5.03. The molecular formula is C30H25ClN2O4S. The van der Waals surface area contributed by atoms with Crippen molar-refractivity contribution in [1.29, 1.82) is 0 Å². The monoisotopic (exact) mass is 544 g/mol. The number of fused-ring (bicyclic) bond motifs is 1. The minimum absolute atomic E-state index is 0.221. The van der Waals surface area contributed by atoms with Crippen molar-refractivity contribution in [2.45, 2.75) is 26.5 Å². The smallest absolute Gasteiger partial charge is 0.338 e. The number of rotatable bonds is 7. The molecular weight excluding hydrogens is 520 g/mol. The van der Waals surface area contributed by atoms with Gasteiger partial charge in [-0.3, -0.25) is 9.36 Å². The van der Waals surface area contributed by atoms with Crippen molar-refractivity contribution in [2.75, 3.05) is 6.61 Å². The van der Waals surface area contributed by atoms with Crippen LogP contribution in [-0.2, 0) is 16.1 Å². The molecule has 0 radical (unpaired) electrons. The first-order valence-electron chi connectivity index (χ1n) is 12.2. The van der Waals surface area contributed by atoms with Crippen LogP contribution in [0, 0.1) is 0 Å². The molecule has 0 fully saturated rings. The summed E-state index contributed by atoms with van der Waals surface area (Å²) < 4.78 is 13.3. The van der Waals surface area contributed by atoms with E-state index >= 15 is 0 Å². The third-order valence-electron chi connectivity index (χ3n) is 6.13. The summed E-state index contributed by atoms with van der Waals surface area (Å²) in [6, 6.07) is 24.0. The van der Waals surface area contributed by atoms with Crippen LogP contribution >= 0.6 is 22.9 Å². The summed E-state index contributed by atoms with van der Waals surface area (Å²) in [5, 5.41) is 0.565. The summed E-state index contributed by atoms with van der Waals surface area (Å²) in [5.41, 5.74) is 3.33. The Morgan fingerprint density at radius 2 is 1.76 bits per heavy atom. The first-order valence-corrected chi connectivity index (χ1v) is 13.4. The van der Waals surface area contributed by atoms with Gasteiger partial charge in [-0.05, 0) is 60.9 Å². The molecule has 5 rings (SSSR count). The lowest BCUT2D eigenvalue weighted by Crippen LogP contribution is -2.39. The quantitative estimate of drug-likeness (QED) is 0.306. The maximum atomic E-state index is 13.7.